The van der Waals surface area contributed by atoms with Crippen LogP contribution in [0.5, 0.6) is 0 Å². The molecule has 0 aliphatic carbocycles. The molecule has 0 bridgehead atoms. The minimum atomic E-state index is -1.23. The van der Waals surface area contributed by atoms with E-state index in [4.69, 9.17) is 23.2 Å². The molecule has 2 rings (SSSR count). The van der Waals surface area contributed by atoms with Gasteiger partial charge in [0.15, 0.2) is 0 Å². The predicted octanol–water partition coefficient (Wildman–Crippen LogP) is 5.01. The third-order valence-electron chi connectivity index (χ3n) is 2.85. The highest BCUT2D eigenvalue weighted by atomic mass is 79.9. The van der Waals surface area contributed by atoms with Crippen LogP contribution in [0.15, 0.2) is 46.9 Å². The Labute approximate surface area is 124 Å². The highest BCUT2D eigenvalue weighted by Gasteiger charge is 2.29. The van der Waals surface area contributed by atoms with Crippen molar-refractivity contribution in [3.05, 3.63) is 68.1 Å². The lowest BCUT2D eigenvalue weighted by atomic mass is 9.88. The SMILES string of the molecule is CC(O)(c1ccccc1Cl)c1ccc(Br)cc1Cl. The third kappa shape index (κ3) is 2.57. The van der Waals surface area contributed by atoms with E-state index in [1.807, 2.05) is 18.2 Å². The number of rotatable bonds is 2. The van der Waals surface area contributed by atoms with Gasteiger partial charge in [-0.3, -0.25) is 0 Å². The first-order chi connectivity index (χ1) is 8.43. The molecule has 4 heteroatoms. The van der Waals surface area contributed by atoms with Gasteiger partial charge in [-0.2, -0.15) is 0 Å². The highest BCUT2D eigenvalue weighted by molar-refractivity contribution is 9.10. The fraction of sp³-hybridized carbons (Fsp3) is 0.143. The minimum absolute atomic E-state index is 0.495. The molecule has 0 heterocycles. The normalized spacial score (nSPS) is 14.3. The van der Waals surface area contributed by atoms with Gasteiger partial charge in [-0.1, -0.05) is 63.4 Å². The lowest BCUT2D eigenvalue weighted by molar-refractivity contribution is 0.102. The Kier molecular flexibility index (Phi) is 4.02. The van der Waals surface area contributed by atoms with Gasteiger partial charge in [0, 0.05) is 25.6 Å². The van der Waals surface area contributed by atoms with Crippen molar-refractivity contribution in [2.75, 3.05) is 0 Å². The molecular weight excluding hydrogens is 335 g/mol. The van der Waals surface area contributed by atoms with E-state index in [0.29, 0.717) is 21.2 Å². The average Bonchev–Trinajstić information content (AvgIpc) is 2.28. The smallest absolute Gasteiger partial charge is 0.115 e. The second-order valence-corrected chi connectivity index (χ2v) is 5.91. The van der Waals surface area contributed by atoms with Gasteiger partial charge in [-0.05, 0) is 25.1 Å². The van der Waals surface area contributed by atoms with Gasteiger partial charge in [-0.15, -0.1) is 0 Å². The van der Waals surface area contributed by atoms with Gasteiger partial charge in [0.1, 0.15) is 5.60 Å². The molecule has 1 N–H and O–H groups in total. The van der Waals surface area contributed by atoms with E-state index in [2.05, 4.69) is 15.9 Å². The Balaban J connectivity index is 2.58. The van der Waals surface area contributed by atoms with Crippen LogP contribution in [0.3, 0.4) is 0 Å². The summed E-state index contributed by atoms with van der Waals surface area (Å²) in [6, 6.07) is 12.6. The van der Waals surface area contributed by atoms with Crippen molar-refractivity contribution < 1.29 is 5.11 Å². The number of benzene rings is 2. The molecule has 0 fully saturated rings. The molecule has 0 aromatic heterocycles. The molecule has 0 aliphatic heterocycles. The van der Waals surface area contributed by atoms with Gasteiger partial charge >= 0.3 is 0 Å². The molecule has 0 aliphatic rings. The van der Waals surface area contributed by atoms with Gasteiger partial charge in [0.25, 0.3) is 0 Å². The van der Waals surface area contributed by atoms with Crippen LogP contribution in [0, 0.1) is 0 Å². The Morgan fingerprint density at radius 3 is 2.22 bits per heavy atom. The zero-order chi connectivity index (χ0) is 13.3. The Hall–Kier alpha value is -0.540. The van der Waals surface area contributed by atoms with Crippen molar-refractivity contribution in [3.8, 4) is 0 Å². The van der Waals surface area contributed by atoms with Crippen LogP contribution in [-0.2, 0) is 5.60 Å². The van der Waals surface area contributed by atoms with E-state index in [1.54, 1.807) is 31.2 Å². The summed E-state index contributed by atoms with van der Waals surface area (Å²) in [7, 11) is 0. The topological polar surface area (TPSA) is 20.2 Å². The van der Waals surface area contributed by atoms with Crippen molar-refractivity contribution in [1.29, 1.82) is 0 Å². The molecule has 0 saturated carbocycles. The molecule has 1 unspecified atom stereocenters. The first-order valence-electron chi connectivity index (χ1n) is 5.36. The number of hydrogen-bond donors (Lipinski definition) is 1. The van der Waals surface area contributed by atoms with E-state index < -0.39 is 5.60 Å². The molecule has 2 aromatic rings. The molecular formula is C14H11BrCl2O. The first-order valence-corrected chi connectivity index (χ1v) is 6.90. The monoisotopic (exact) mass is 344 g/mol. The maximum atomic E-state index is 10.7. The third-order valence-corrected chi connectivity index (χ3v) is 3.99. The zero-order valence-electron chi connectivity index (χ0n) is 9.62. The van der Waals surface area contributed by atoms with Crippen molar-refractivity contribution >= 4 is 39.1 Å². The molecule has 18 heavy (non-hydrogen) atoms. The predicted molar refractivity (Wildman–Crippen MR) is 79.3 cm³/mol. The summed E-state index contributed by atoms with van der Waals surface area (Å²) in [6.45, 7) is 1.68. The van der Waals surface area contributed by atoms with E-state index in [0.717, 1.165) is 4.47 Å². The van der Waals surface area contributed by atoms with E-state index in [9.17, 15) is 5.11 Å². The van der Waals surface area contributed by atoms with Crippen molar-refractivity contribution in [1.82, 2.24) is 0 Å². The van der Waals surface area contributed by atoms with E-state index in [-0.39, 0.29) is 0 Å². The van der Waals surface area contributed by atoms with Gasteiger partial charge in [-0.25, -0.2) is 0 Å². The fourth-order valence-corrected chi connectivity index (χ4v) is 3.06. The summed E-state index contributed by atoms with van der Waals surface area (Å²) in [6.07, 6.45) is 0. The van der Waals surface area contributed by atoms with Gasteiger partial charge in [0.2, 0.25) is 0 Å². The molecule has 1 atom stereocenters. The van der Waals surface area contributed by atoms with Crippen molar-refractivity contribution in [2.45, 2.75) is 12.5 Å². The average molecular weight is 346 g/mol. The number of hydrogen-bond acceptors (Lipinski definition) is 1. The fourth-order valence-electron chi connectivity index (χ4n) is 1.89. The highest BCUT2D eigenvalue weighted by Crippen LogP contribution is 2.38. The minimum Gasteiger partial charge on any atom is -0.381 e. The maximum Gasteiger partial charge on any atom is 0.115 e. The van der Waals surface area contributed by atoms with Crippen molar-refractivity contribution in [2.24, 2.45) is 0 Å². The first kappa shape index (κ1) is 13.9. The van der Waals surface area contributed by atoms with Crippen LogP contribution in [0.25, 0.3) is 0 Å². The molecule has 0 radical (unpaired) electrons. The molecule has 0 spiro atoms. The van der Waals surface area contributed by atoms with Crippen LogP contribution in [-0.4, -0.2) is 5.11 Å². The van der Waals surface area contributed by atoms with Crippen LogP contribution in [0.1, 0.15) is 18.1 Å². The van der Waals surface area contributed by atoms with Crippen molar-refractivity contribution in [3.63, 3.8) is 0 Å². The summed E-state index contributed by atoms with van der Waals surface area (Å²) in [5.41, 5.74) is 0.0344. The molecule has 2 aromatic carbocycles. The quantitative estimate of drug-likeness (QED) is 0.810. The molecule has 0 saturated heterocycles. The Morgan fingerprint density at radius 1 is 1.00 bits per heavy atom. The molecule has 1 nitrogen and oxygen atoms in total. The van der Waals surface area contributed by atoms with Crippen LogP contribution in [0.4, 0.5) is 0 Å². The molecule has 0 amide bonds. The maximum absolute atomic E-state index is 10.7. The summed E-state index contributed by atoms with van der Waals surface area (Å²) in [4.78, 5) is 0. The lowest BCUT2D eigenvalue weighted by Crippen LogP contribution is -2.23. The second kappa shape index (κ2) is 5.22. The Bertz CT molecular complexity index is 582. The van der Waals surface area contributed by atoms with Crippen LogP contribution in [0.2, 0.25) is 10.0 Å². The summed E-state index contributed by atoms with van der Waals surface area (Å²) in [5.74, 6) is 0. The summed E-state index contributed by atoms with van der Waals surface area (Å²) >= 11 is 15.7. The Morgan fingerprint density at radius 2 is 1.61 bits per heavy atom. The van der Waals surface area contributed by atoms with Crippen LogP contribution < -0.4 is 0 Å². The van der Waals surface area contributed by atoms with Gasteiger partial charge in [0.05, 0.1) is 0 Å². The summed E-state index contributed by atoms with van der Waals surface area (Å²) in [5, 5.41) is 11.7. The van der Waals surface area contributed by atoms with E-state index >= 15 is 0 Å². The lowest BCUT2D eigenvalue weighted by Gasteiger charge is -2.26. The van der Waals surface area contributed by atoms with Crippen LogP contribution >= 0.6 is 39.1 Å². The van der Waals surface area contributed by atoms with E-state index in [1.165, 1.54) is 0 Å². The second-order valence-electron chi connectivity index (χ2n) is 4.18. The van der Waals surface area contributed by atoms with Gasteiger partial charge < -0.3 is 5.11 Å². The largest absolute Gasteiger partial charge is 0.381 e. The number of halogens is 3. The molecule has 94 valence electrons. The zero-order valence-corrected chi connectivity index (χ0v) is 12.7. The standard InChI is InChI=1S/C14H11BrCl2O/c1-14(18,10-4-2-3-5-12(10)16)11-7-6-9(15)8-13(11)17/h2-8,18H,1H3. The summed E-state index contributed by atoms with van der Waals surface area (Å²) < 4.78 is 0.867. The number of aliphatic hydroxyl groups is 1.